The van der Waals surface area contributed by atoms with Crippen LogP contribution in [0, 0.1) is 0 Å². The van der Waals surface area contributed by atoms with Gasteiger partial charge in [0.2, 0.25) is 10.0 Å². The van der Waals surface area contributed by atoms with E-state index in [0.717, 1.165) is 10.7 Å². The summed E-state index contributed by atoms with van der Waals surface area (Å²) < 4.78 is 23.8. The lowest BCUT2D eigenvalue weighted by atomic mass is 10.3. The summed E-state index contributed by atoms with van der Waals surface area (Å²) in [7, 11) is -3.32. The Morgan fingerprint density at radius 3 is 2.54 bits per heavy atom. The molecule has 1 atom stereocenters. The summed E-state index contributed by atoms with van der Waals surface area (Å²) in [4.78, 5) is 10.6. The van der Waals surface area contributed by atoms with Gasteiger partial charge in [-0.25, -0.2) is 8.42 Å². The lowest BCUT2D eigenvalue weighted by Gasteiger charge is -2.28. The summed E-state index contributed by atoms with van der Waals surface area (Å²) in [5.74, 6) is -1.02. The second kappa shape index (κ2) is 3.63. The molecule has 0 unspecified atom stereocenters. The Bertz CT molecular complexity index is 298. The molecule has 1 heterocycles. The number of nitrogens with zero attached hydrogens (tertiary/aromatic N) is 1. The van der Waals surface area contributed by atoms with Crippen LogP contribution in [0.3, 0.4) is 0 Å². The van der Waals surface area contributed by atoms with Gasteiger partial charge in [-0.2, -0.15) is 4.31 Å². The molecule has 0 bridgehead atoms. The molecule has 5 nitrogen and oxygen atoms in total. The zero-order chi connectivity index (χ0) is 10.1. The van der Waals surface area contributed by atoms with Crippen LogP contribution < -0.4 is 0 Å². The first kappa shape index (κ1) is 10.5. The molecule has 0 aromatic rings. The van der Waals surface area contributed by atoms with Crippen molar-refractivity contribution in [3.05, 3.63) is 0 Å². The molecule has 1 saturated heterocycles. The van der Waals surface area contributed by atoms with E-state index in [1.807, 2.05) is 0 Å². The number of carboxylic acid groups (broad SMARTS) is 1. The Balaban J connectivity index is 2.83. The highest BCUT2D eigenvalue weighted by Crippen LogP contribution is 2.16. The number of carboxylic acids is 1. The quantitative estimate of drug-likeness (QED) is 0.685. The Labute approximate surface area is 77.4 Å². The molecule has 0 aliphatic carbocycles. The fourth-order valence-electron chi connectivity index (χ4n) is 1.37. The predicted molar refractivity (Wildman–Crippen MR) is 46.8 cm³/mol. The molecular weight excluding hydrogens is 194 g/mol. The van der Waals surface area contributed by atoms with E-state index < -0.39 is 22.0 Å². The molecular formula is C7H13NO4S. The van der Waals surface area contributed by atoms with Gasteiger partial charge in [0, 0.05) is 6.54 Å². The van der Waals surface area contributed by atoms with Crippen LogP contribution in [0.1, 0.15) is 19.8 Å². The summed E-state index contributed by atoms with van der Waals surface area (Å²) in [6, 6.07) is -0.940. The third-order valence-electron chi connectivity index (χ3n) is 2.18. The van der Waals surface area contributed by atoms with Crippen LogP contribution in [-0.4, -0.2) is 42.1 Å². The fourth-order valence-corrected chi connectivity index (χ4v) is 3.15. The molecule has 1 fully saturated rings. The van der Waals surface area contributed by atoms with E-state index >= 15 is 0 Å². The number of aliphatic carboxylic acids is 1. The fraction of sp³-hybridized carbons (Fsp3) is 0.857. The van der Waals surface area contributed by atoms with Crippen molar-refractivity contribution in [1.29, 1.82) is 0 Å². The average molecular weight is 207 g/mol. The summed E-state index contributed by atoms with van der Waals surface area (Å²) >= 11 is 0. The predicted octanol–water partition coefficient (Wildman–Crippen LogP) is -0.115. The van der Waals surface area contributed by atoms with Gasteiger partial charge >= 0.3 is 5.97 Å². The minimum Gasteiger partial charge on any atom is -0.480 e. The first-order chi connectivity index (χ1) is 5.95. The van der Waals surface area contributed by atoms with E-state index in [1.54, 1.807) is 0 Å². The standard InChI is InChI=1S/C7H13NO4S/c1-6(7(9)10)8-4-2-3-5-13(8,11)12/h6H,2-5H2,1H3,(H,9,10)/t6-/m0/s1. The molecule has 13 heavy (non-hydrogen) atoms. The molecule has 76 valence electrons. The molecule has 1 aliphatic heterocycles. The Morgan fingerprint density at radius 2 is 2.08 bits per heavy atom. The SMILES string of the molecule is C[C@@H](C(=O)O)N1CCCCS1(=O)=O. The summed E-state index contributed by atoms with van der Waals surface area (Å²) in [5.41, 5.74) is 0. The Kier molecular flexibility index (Phi) is 2.92. The molecule has 0 aromatic heterocycles. The third-order valence-corrected chi connectivity index (χ3v) is 4.20. The van der Waals surface area contributed by atoms with Gasteiger partial charge in [-0.15, -0.1) is 0 Å². The van der Waals surface area contributed by atoms with E-state index in [1.165, 1.54) is 6.92 Å². The number of sulfonamides is 1. The van der Waals surface area contributed by atoms with E-state index in [4.69, 9.17) is 5.11 Å². The van der Waals surface area contributed by atoms with E-state index in [2.05, 4.69) is 0 Å². The van der Waals surface area contributed by atoms with Crippen LogP contribution in [0.15, 0.2) is 0 Å². The maximum atomic E-state index is 11.4. The highest BCUT2D eigenvalue weighted by atomic mass is 32.2. The molecule has 0 radical (unpaired) electrons. The van der Waals surface area contributed by atoms with E-state index in [0.29, 0.717) is 13.0 Å². The number of hydrogen-bond acceptors (Lipinski definition) is 3. The van der Waals surface area contributed by atoms with Crippen LogP contribution in [0.5, 0.6) is 0 Å². The molecule has 1 rings (SSSR count). The molecule has 0 aromatic carbocycles. The molecule has 6 heteroatoms. The molecule has 1 N–H and O–H groups in total. The third kappa shape index (κ3) is 2.19. The van der Waals surface area contributed by atoms with Gasteiger partial charge in [0.25, 0.3) is 0 Å². The molecule has 0 amide bonds. The summed E-state index contributed by atoms with van der Waals surface area (Å²) in [6.45, 7) is 1.72. The number of carbonyl (C=O) groups is 1. The lowest BCUT2D eigenvalue weighted by molar-refractivity contribution is -0.140. The van der Waals surface area contributed by atoms with Crippen molar-refractivity contribution in [3.8, 4) is 0 Å². The van der Waals surface area contributed by atoms with Crippen LogP contribution in [0.4, 0.5) is 0 Å². The Morgan fingerprint density at radius 1 is 1.46 bits per heavy atom. The first-order valence-corrected chi connectivity index (χ1v) is 5.78. The summed E-state index contributed by atoms with van der Waals surface area (Å²) in [6.07, 6.45) is 1.38. The van der Waals surface area contributed by atoms with Gasteiger partial charge < -0.3 is 5.11 Å². The van der Waals surface area contributed by atoms with Crippen LogP contribution >= 0.6 is 0 Å². The maximum Gasteiger partial charge on any atom is 0.321 e. The van der Waals surface area contributed by atoms with Gasteiger partial charge in [0.05, 0.1) is 5.75 Å². The van der Waals surface area contributed by atoms with Crippen molar-refractivity contribution in [2.24, 2.45) is 0 Å². The minimum absolute atomic E-state index is 0.0740. The zero-order valence-electron chi connectivity index (χ0n) is 7.43. The zero-order valence-corrected chi connectivity index (χ0v) is 8.25. The van der Waals surface area contributed by atoms with E-state index in [-0.39, 0.29) is 5.75 Å². The molecule has 1 aliphatic rings. The topological polar surface area (TPSA) is 74.7 Å². The van der Waals surface area contributed by atoms with Crippen molar-refractivity contribution in [2.75, 3.05) is 12.3 Å². The monoisotopic (exact) mass is 207 g/mol. The smallest absolute Gasteiger partial charge is 0.321 e. The largest absolute Gasteiger partial charge is 0.480 e. The van der Waals surface area contributed by atoms with Gasteiger partial charge in [-0.3, -0.25) is 4.79 Å². The van der Waals surface area contributed by atoms with Crippen LogP contribution in [0.2, 0.25) is 0 Å². The number of hydrogen-bond donors (Lipinski definition) is 1. The van der Waals surface area contributed by atoms with E-state index in [9.17, 15) is 13.2 Å². The average Bonchev–Trinajstić information content (AvgIpc) is 2.02. The lowest BCUT2D eigenvalue weighted by Crippen LogP contribution is -2.47. The second-order valence-electron chi connectivity index (χ2n) is 3.15. The minimum atomic E-state index is -3.32. The van der Waals surface area contributed by atoms with Gasteiger partial charge in [-0.05, 0) is 19.8 Å². The Hall–Kier alpha value is -0.620. The van der Waals surface area contributed by atoms with Crippen LogP contribution in [-0.2, 0) is 14.8 Å². The molecule has 0 saturated carbocycles. The first-order valence-electron chi connectivity index (χ1n) is 4.17. The van der Waals surface area contributed by atoms with Crippen molar-refractivity contribution in [2.45, 2.75) is 25.8 Å². The number of rotatable bonds is 2. The van der Waals surface area contributed by atoms with Gasteiger partial charge in [-0.1, -0.05) is 0 Å². The van der Waals surface area contributed by atoms with Crippen molar-refractivity contribution in [3.63, 3.8) is 0 Å². The van der Waals surface area contributed by atoms with Gasteiger partial charge in [0.15, 0.2) is 0 Å². The highest BCUT2D eigenvalue weighted by Gasteiger charge is 2.33. The maximum absolute atomic E-state index is 11.4. The van der Waals surface area contributed by atoms with Crippen molar-refractivity contribution >= 4 is 16.0 Å². The van der Waals surface area contributed by atoms with Crippen molar-refractivity contribution in [1.82, 2.24) is 4.31 Å². The highest BCUT2D eigenvalue weighted by molar-refractivity contribution is 7.89. The van der Waals surface area contributed by atoms with Crippen LogP contribution in [0.25, 0.3) is 0 Å². The van der Waals surface area contributed by atoms with Gasteiger partial charge in [0.1, 0.15) is 6.04 Å². The second-order valence-corrected chi connectivity index (χ2v) is 5.19. The normalized spacial score (nSPS) is 25.3. The van der Waals surface area contributed by atoms with Crippen molar-refractivity contribution < 1.29 is 18.3 Å². The summed E-state index contributed by atoms with van der Waals surface area (Å²) in [5, 5.41) is 8.66. The molecule has 0 spiro atoms.